The quantitative estimate of drug-likeness (QED) is 0.935. The predicted octanol–water partition coefficient (Wildman–Crippen LogP) is 3.53. The van der Waals surface area contributed by atoms with Crippen LogP contribution in [0.4, 0.5) is 5.69 Å². The van der Waals surface area contributed by atoms with E-state index in [2.05, 4.69) is 34.5 Å². The number of carbonyl (C=O) groups is 1. The first kappa shape index (κ1) is 14.6. The zero-order chi connectivity index (χ0) is 15.4. The molecule has 3 heteroatoms. The predicted molar refractivity (Wildman–Crippen MR) is 90.2 cm³/mol. The summed E-state index contributed by atoms with van der Waals surface area (Å²) in [6, 6.07) is 16.1. The number of amides is 1. The van der Waals surface area contributed by atoms with E-state index < -0.39 is 0 Å². The molecule has 1 N–H and O–H groups in total. The third kappa shape index (κ3) is 3.48. The maximum absolute atomic E-state index is 12.1. The first-order valence-corrected chi connectivity index (χ1v) is 7.91. The maximum Gasteiger partial charge on any atom is 0.251 e. The summed E-state index contributed by atoms with van der Waals surface area (Å²) in [5, 5.41) is 2.97. The molecule has 0 spiro atoms. The number of aryl methyl sites for hydroxylation is 1. The number of hydrogen-bond donors (Lipinski definition) is 1. The summed E-state index contributed by atoms with van der Waals surface area (Å²) in [5.41, 5.74) is 4.28. The molecule has 0 aliphatic carbocycles. The van der Waals surface area contributed by atoms with Crippen molar-refractivity contribution in [3.8, 4) is 0 Å². The van der Waals surface area contributed by atoms with Crippen LogP contribution < -0.4 is 10.2 Å². The van der Waals surface area contributed by atoms with E-state index in [1.54, 1.807) is 0 Å². The smallest absolute Gasteiger partial charge is 0.251 e. The Bertz CT molecular complexity index is 625. The summed E-state index contributed by atoms with van der Waals surface area (Å²) >= 11 is 0. The van der Waals surface area contributed by atoms with Gasteiger partial charge in [0.1, 0.15) is 0 Å². The third-order valence-corrected chi connectivity index (χ3v) is 4.17. The van der Waals surface area contributed by atoms with Crippen molar-refractivity contribution in [2.45, 2.75) is 26.3 Å². The average Bonchev–Trinajstić information content (AvgIpc) is 3.08. The highest BCUT2D eigenvalue weighted by atomic mass is 16.1. The van der Waals surface area contributed by atoms with E-state index in [-0.39, 0.29) is 5.91 Å². The van der Waals surface area contributed by atoms with Gasteiger partial charge in [-0.15, -0.1) is 0 Å². The summed E-state index contributed by atoms with van der Waals surface area (Å²) in [7, 11) is 0. The Balaban J connectivity index is 1.56. The molecule has 1 heterocycles. The lowest BCUT2D eigenvalue weighted by molar-refractivity contribution is 0.0951. The zero-order valence-corrected chi connectivity index (χ0v) is 13.0. The molecule has 1 aliphatic rings. The van der Waals surface area contributed by atoms with Crippen molar-refractivity contribution in [1.29, 1.82) is 0 Å². The van der Waals surface area contributed by atoms with E-state index in [0.29, 0.717) is 12.1 Å². The van der Waals surface area contributed by atoms with Gasteiger partial charge in [-0.05, 0) is 49.6 Å². The van der Waals surface area contributed by atoms with Gasteiger partial charge in [-0.1, -0.05) is 29.8 Å². The van der Waals surface area contributed by atoms with Crippen molar-refractivity contribution < 1.29 is 4.79 Å². The van der Waals surface area contributed by atoms with Gasteiger partial charge in [0.2, 0.25) is 0 Å². The molecule has 0 atom stereocenters. The van der Waals surface area contributed by atoms with E-state index >= 15 is 0 Å². The second-order valence-electron chi connectivity index (χ2n) is 5.91. The number of carbonyl (C=O) groups excluding carboxylic acids is 1. The molecule has 0 bridgehead atoms. The minimum atomic E-state index is -0.0244. The van der Waals surface area contributed by atoms with Crippen LogP contribution in [0.15, 0.2) is 48.5 Å². The van der Waals surface area contributed by atoms with Crippen molar-refractivity contribution in [3.63, 3.8) is 0 Å². The van der Waals surface area contributed by atoms with Crippen molar-refractivity contribution in [1.82, 2.24) is 5.32 Å². The summed E-state index contributed by atoms with van der Waals surface area (Å²) in [4.78, 5) is 14.5. The van der Waals surface area contributed by atoms with Gasteiger partial charge in [0.25, 0.3) is 5.91 Å². The number of benzene rings is 2. The fourth-order valence-electron chi connectivity index (χ4n) is 2.79. The molecule has 0 radical (unpaired) electrons. The van der Waals surface area contributed by atoms with Crippen LogP contribution >= 0.6 is 0 Å². The number of rotatable bonds is 4. The zero-order valence-electron chi connectivity index (χ0n) is 13.0. The van der Waals surface area contributed by atoms with E-state index in [0.717, 1.165) is 24.2 Å². The van der Waals surface area contributed by atoms with E-state index in [1.165, 1.54) is 18.5 Å². The Morgan fingerprint density at radius 3 is 2.27 bits per heavy atom. The number of nitrogens with zero attached hydrogens (tertiary/aromatic N) is 1. The standard InChI is InChI=1S/C19H22N2O/c1-15-4-8-17(9-5-15)19(22)20-14-16-6-10-18(11-7-16)21-12-2-3-13-21/h4-11H,2-3,12-14H2,1H3,(H,20,22). The van der Waals surface area contributed by atoms with Crippen LogP contribution in [0.1, 0.15) is 34.3 Å². The van der Waals surface area contributed by atoms with Gasteiger partial charge < -0.3 is 10.2 Å². The molecule has 1 amide bonds. The molecule has 2 aromatic rings. The normalized spacial score (nSPS) is 14.1. The third-order valence-electron chi connectivity index (χ3n) is 4.17. The number of anilines is 1. The molecule has 3 rings (SSSR count). The fourth-order valence-corrected chi connectivity index (χ4v) is 2.79. The largest absolute Gasteiger partial charge is 0.372 e. The van der Waals surface area contributed by atoms with Crippen LogP contribution in [0, 0.1) is 6.92 Å². The molecular formula is C19H22N2O. The van der Waals surface area contributed by atoms with E-state index in [4.69, 9.17) is 0 Å². The van der Waals surface area contributed by atoms with Gasteiger partial charge in [0.15, 0.2) is 0 Å². The summed E-state index contributed by atoms with van der Waals surface area (Å²) < 4.78 is 0. The first-order chi connectivity index (χ1) is 10.7. The van der Waals surface area contributed by atoms with Crippen molar-refractivity contribution >= 4 is 11.6 Å². The van der Waals surface area contributed by atoms with Crippen molar-refractivity contribution in [3.05, 3.63) is 65.2 Å². The van der Waals surface area contributed by atoms with E-state index in [1.807, 2.05) is 31.2 Å². The lowest BCUT2D eigenvalue weighted by Crippen LogP contribution is -2.23. The SMILES string of the molecule is Cc1ccc(C(=O)NCc2ccc(N3CCCC3)cc2)cc1. The van der Waals surface area contributed by atoms with Gasteiger partial charge in [0.05, 0.1) is 0 Å². The van der Waals surface area contributed by atoms with Gasteiger partial charge in [-0.25, -0.2) is 0 Å². The van der Waals surface area contributed by atoms with E-state index in [9.17, 15) is 4.79 Å². The van der Waals surface area contributed by atoms with Gasteiger partial charge >= 0.3 is 0 Å². The molecule has 114 valence electrons. The maximum atomic E-state index is 12.1. The average molecular weight is 294 g/mol. The minimum Gasteiger partial charge on any atom is -0.372 e. The van der Waals surface area contributed by atoms with Crippen LogP contribution in [-0.4, -0.2) is 19.0 Å². The molecule has 2 aromatic carbocycles. The Morgan fingerprint density at radius 2 is 1.64 bits per heavy atom. The molecule has 1 saturated heterocycles. The van der Waals surface area contributed by atoms with Crippen LogP contribution in [0.2, 0.25) is 0 Å². The van der Waals surface area contributed by atoms with Crippen molar-refractivity contribution in [2.24, 2.45) is 0 Å². The number of hydrogen-bond acceptors (Lipinski definition) is 2. The summed E-state index contributed by atoms with van der Waals surface area (Å²) in [6.07, 6.45) is 2.57. The van der Waals surface area contributed by atoms with Gasteiger partial charge in [0, 0.05) is 30.9 Å². The van der Waals surface area contributed by atoms with Crippen LogP contribution in [0.3, 0.4) is 0 Å². The highest BCUT2D eigenvalue weighted by molar-refractivity contribution is 5.94. The second-order valence-corrected chi connectivity index (χ2v) is 5.91. The Morgan fingerprint density at radius 1 is 1.00 bits per heavy atom. The van der Waals surface area contributed by atoms with Crippen molar-refractivity contribution in [2.75, 3.05) is 18.0 Å². The molecule has 0 aromatic heterocycles. The molecule has 0 unspecified atom stereocenters. The lowest BCUT2D eigenvalue weighted by atomic mass is 10.1. The molecule has 1 fully saturated rings. The monoisotopic (exact) mass is 294 g/mol. The van der Waals surface area contributed by atoms with Crippen LogP contribution in [-0.2, 0) is 6.54 Å². The summed E-state index contributed by atoms with van der Waals surface area (Å²) in [5.74, 6) is -0.0244. The molecule has 3 nitrogen and oxygen atoms in total. The molecular weight excluding hydrogens is 272 g/mol. The van der Waals surface area contributed by atoms with Gasteiger partial charge in [-0.2, -0.15) is 0 Å². The van der Waals surface area contributed by atoms with Crippen LogP contribution in [0.5, 0.6) is 0 Å². The first-order valence-electron chi connectivity index (χ1n) is 7.91. The highest BCUT2D eigenvalue weighted by Gasteiger charge is 2.11. The summed E-state index contributed by atoms with van der Waals surface area (Å²) in [6.45, 7) is 4.89. The second kappa shape index (κ2) is 6.65. The molecule has 1 aliphatic heterocycles. The van der Waals surface area contributed by atoms with Crippen LogP contribution in [0.25, 0.3) is 0 Å². The topological polar surface area (TPSA) is 32.3 Å². The lowest BCUT2D eigenvalue weighted by Gasteiger charge is -2.17. The molecule has 0 saturated carbocycles. The highest BCUT2D eigenvalue weighted by Crippen LogP contribution is 2.20. The fraction of sp³-hybridized carbons (Fsp3) is 0.316. The number of nitrogens with one attached hydrogen (secondary N) is 1. The minimum absolute atomic E-state index is 0.0244. The Hall–Kier alpha value is -2.29. The molecule has 22 heavy (non-hydrogen) atoms. The Kier molecular flexibility index (Phi) is 4.42. The van der Waals surface area contributed by atoms with Gasteiger partial charge in [-0.3, -0.25) is 4.79 Å². The Labute approximate surface area is 132 Å².